The number of carboxylic acids is 1. The van der Waals surface area contributed by atoms with E-state index in [4.69, 9.17) is 5.11 Å². The van der Waals surface area contributed by atoms with Crippen LogP contribution in [0, 0.1) is 0 Å². The minimum atomic E-state index is -1.24. The second-order valence-electron chi connectivity index (χ2n) is 4.48. The number of hydrogen-bond donors (Lipinski definition) is 3. The average molecular weight is 280 g/mol. The van der Waals surface area contributed by atoms with Gasteiger partial charge in [-0.2, -0.15) is 0 Å². The molecule has 1 rings (SSSR count). The first kappa shape index (κ1) is 15.8. The summed E-state index contributed by atoms with van der Waals surface area (Å²) >= 11 is 0. The normalized spacial score (nSPS) is 11.8. The number of carbonyl (C=O) groups excluding carboxylic acids is 1. The molecule has 0 spiro atoms. The van der Waals surface area contributed by atoms with Crippen LogP contribution in [0.5, 0.6) is 5.75 Å². The Morgan fingerprint density at radius 3 is 2.50 bits per heavy atom. The Balaban J connectivity index is 2.96. The fourth-order valence-corrected chi connectivity index (χ4v) is 1.88. The minimum absolute atomic E-state index is 0.0600. The van der Waals surface area contributed by atoms with Crippen molar-refractivity contribution < 1.29 is 19.8 Å². The molecule has 0 radical (unpaired) electrons. The number of carbonyl (C=O) groups is 2. The highest BCUT2D eigenvalue weighted by molar-refractivity contribution is 5.97. The van der Waals surface area contributed by atoms with Gasteiger partial charge in [-0.15, -0.1) is 0 Å². The van der Waals surface area contributed by atoms with Crippen LogP contribution in [0.3, 0.4) is 0 Å². The Morgan fingerprint density at radius 1 is 1.35 bits per heavy atom. The first-order valence-corrected chi connectivity index (χ1v) is 6.55. The predicted molar refractivity (Wildman–Crippen MR) is 76.2 cm³/mol. The lowest BCUT2D eigenvalue weighted by Crippen LogP contribution is -2.41. The van der Waals surface area contributed by atoms with Gasteiger partial charge >= 0.3 is 12.0 Å². The van der Waals surface area contributed by atoms with Crippen molar-refractivity contribution in [3.63, 3.8) is 0 Å². The quantitative estimate of drug-likeness (QED) is 0.723. The van der Waals surface area contributed by atoms with E-state index in [2.05, 4.69) is 5.32 Å². The smallest absolute Gasteiger partial charge is 0.339 e. The van der Waals surface area contributed by atoms with Crippen molar-refractivity contribution in [3.8, 4) is 5.75 Å². The highest BCUT2D eigenvalue weighted by Crippen LogP contribution is 2.27. The standard InChI is InChI=1S/C14H20N2O4/c1-4-9(3)16(5-2)14(20)15-11-8-6-7-10(12(11)17)13(18)19/h6-9,17H,4-5H2,1-3H3,(H,15,20)(H,18,19). The predicted octanol–water partition coefficient (Wildman–Crippen LogP) is 2.74. The van der Waals surface area contributed by atoms with E-state index in [1.807, 2.05) is 20.8 Å². The third-order valence-corrected chi connectivity index (χ3v) is 3.23. The molecule has 20 heavy (non-hydrogen) atoms. The third-order valence-electron chi connectivity index (χ3n) is 3.23. The van der Waals surface area contributed by atoms with E-state index in [1.54, 1.807) is 4.90 Å². The molecule has 2 amide bonds. The van der Waals surface area contributed by atoms with E-state index < -0.39 is 11.7 Å². The van der Waals surface area contributed by atoms with Crippen molar-refractivity contribution in [2.45, 2.75) is 33.2 Å². The molecule has 0 aliphatic rings. The molecule has 1 atom stereocenters. The number of amides is 2. The fourth-order valence-electron chi connectivity index (χ4n) is 1.88. The summed E-state index contributed by atoms with van der Waals surface area (Å²) in [5.74, 6) is -1.68. The van der Waals surface area contributed by atoms with Gasteiger partial charge in [-0.25, -0.2) is 9.59 Å². The van der Waals surface area contributed by atoms with E-state index in [9.17, 15) is 14.7 Å². The van der Waals surface area contributed by atoms with Crippen molar-refractivity contribution in [3.05, 3.63) is 23.8 Å². The summed E-state index contributed by atoms with van der Waals surface area (Å²) < 4.78 is 0. The molecular weight excluding hydrogens is 260 g/mol. The Hall–Kier alpha value is -2.24. The number of nitrogens with one attached hydrogen (secondary N) is 1. The summed E-state index contributed by atoms with van der Waals surface area (Å²) in [5, 5.41) is 21.3. The molecule has 0 aliphatic carbocycles. The number of benzene rings is 1. The Bertz CT molecular complexity index is 502. The van der Waals surface area contributed by atoms with Crippen molar-refractivity contribution in [1.29, 1.82) is 0 Å². The van der Waals surface area contributed by atoms with Gasteiger partial charge in [-0.3, -0.25) is 0 Å². The maximum Gasteiger partial charge on any atom is 0.339 e. The lowest BCUT2D eigenvalue weighted by Gasteiger charge is -2.27. The van der Waals surface area contributed by atoms with Crippen LogP contribution in [0.25, 0.3) is 0 Å². The molecule has 0 fully saturated rings. The van der Waals surface area contributed by atoms with Gasteiger partial charge in [-0.05, 0) is 32.4 Å². The van der Waals surface area contributed by atoms with Crippen LogP contribution in [0.1, 0.15) is 37.6 Å². The molecule has 1 aromatic rings. The molecule has 0 saturated carbocycles. The van der Waals surface area contributed by atoms with Crippen LogP contribution in [0.2, 0.25) is 0 Å². The average Bonchev–Trinajstić information content (AvgIpc) is 2.41. The number of hydrogen-bond acceptors (Lipinski definition) is 3. The number of para-hydroxylation sites is 1. The molecule has 0 heterocycles. The van der Waals surface area contributed by atoms with Gasteiger partial charge in [0.2, 0.25) is 0 Å². The highest BCUT2D eigenvalue weighted by atomic mass is 16.4. The molecule has 6 heteroatoms. The molecule has 3 N–H and O–H groups in total. The van der Waals surface area contributed by atoms with Crippen LogP contribution in [0.4, 0.5) is 10.5 Å². The lowest BCUT2D eigenvalue weighted by molar-refractivity contribution is 0.0693. The molecule has 0 bridgehead atoms. The molecular formula is C14H20N2O4. The van der Waals surface area contributed by atoms with Crippen molar-refractivity contribution in [2.75, 3.05) is 11.9 Å². The van der Waals surface area contributed by atoms with E-state index in [-0.39, 0.29) is 23.3 Å². The van der Waals surface area contributed by atoms with Crippen LogP contribution < -0.4 is 5.32 Å². The van der Waals surface area contributed by atoms with E-state index in [0.29, 0.717) is 6.54 Å². The van der Waals surface area contributed by atoms with Crippen LogP contribution >= 0.6 is 0 Å². The van der Waals surface area contributed by atoms with Crippen LogP contribution in [-0.4, -0.2) is 39.7 Å². The van der Waals surface area contributed by atoms with Crippen LogP contribution in [-0.2, 0) is 0 Å². The largest absolute Gasteiger partial charge is 0.505 e. The van der Waals surface area contributed by atoms with Gasteiger partial charge in [0.25, 0.3) is 0 Å². The van der Waals surface area contributed by atoms with E-state index >= 15 is 0 Å². The molecule has 110 valence electrons. The third kappa shape index (κ3) is 3.40. The number of rotatable bonds is 5. The number of aromatic carboxylic acids is 1. The maximum atomic E-state index is 12.1. The highest BCUT2D eigenvalue weighted by Gasteiger charge is 2.20. The zero-order valence-electron chi connectivity index (χ0n) is 11.9. The SMILES string of the molecule is CCC(C)N(CC)C(=O)Nc1cccc(C(=O)O)c1O. The summed E-state index contributed by atoms with van der Waals surface area (Å²) in [6, 6.07) is 3.91. The summed E-state index contributed by atoms with van der Waals surface area (Å²) in [5.41, 5.74) is -0.147. The van der Waals surface area contributed by atoms with Gasteiger partial charge in [0.15, 0.2) is 5.75 Å². The summed E-state index contributed by atoms with van der Waals surface area (Å²) in [7, 11) is 0. The summed E-state index contributed by atoms with van der Waals surface area (Å²) in [4.78, 5) is 24.7. The number of nitrogens with zero attached hydrogens (tertiary/aromatic N) is 1. The molecule has 0 aliphatic heterocycles. The Kier molecular flexibility index (Phi) is 5.37. The van der Waals surface area contributed by atoms with Crippen LogP contribution in [0.15, 0.2) is 18.2 Å². The zero-order chi connectivity index (χ0) is 15.3. The molecule has 1 unspecified atom stereocenters. The van der Waals surface area contributed by atoms with Crippen molar-refractivity contribution in [1.82, 2.24) is 4.90 Å². The summed E-state index contributed by atoms with van der Waals surface area (Å²) in [6.45, 7) is 6.29. The van der Waals surface area contributed by atoms with Crippen molar-refractivity contribution >= 4 is 17.7 Å². The first-order chi connectivity index (χ1) is 9.42. The number of aromatic hydroxyl groups is 1. The number of anilines is 1. The number of urea groups is 1. The minimum Gasteiger partial charge on any atom is -0.505 e. The van der Waals surface area contributed by atoms with E-state index in [0.717, 1.165) is 6.42 Å². The van der Waals surface area contributed by atoms with Gasteiger partial charge < -0.3 is 20.4 Å². The van der Waals surface area contributed by atoms with Crippen molar-refractivity contribution in [2.24, 2.45) is 0 Å². The monoisotopic (exact) mass is 280 g/mol. The number of carboxylic acid groups (broad SMARTS) is 1. The topological polar surface area (TPSA) is 89.9 Å². The first-order valence-electron chi connectivity index (χ1n) is 6.55. The Morgan fingerprint density at radius 2 is 2.00 bits per heavy atom. The molecule has 6 nitrogen and oxygen atoms in total. The second kappa shape index (κ2) is 6.79. The maximum absolute atomic E-state index is 12.1. The Labute approximate surface area is 118 Å². The number of phenols is 1. The van der Waals surface area contributed by atoms with E-state index in [1.165, 1.54) is 18.2 Å². The lowest BCUT2D eigenvalue weighted by atomic mass is 10.1. The summed E-state index contributed by atoms with van der Waals surface area (Å²) in [6.07, 6.45) is 0.808. The van der Waals surface area contributed by atoms with Gasteiger partial charge in [0, 0.05) is 12.6 Å². The van der Waals surface area contributed by atoms with Gasteiger partial charge in [0.1, 0.15) is 5.56 Å². The van der Waals surface area contributed by atoms with Gasteiger partial charge in [-0.1, -0.05) is 13.0 Å². The molecule has 1 aromatic carbocycles. The van der Waals surface area contributed by atoms with Gasteiger partial charge in [0.05, 0.1) is 5.69 Å². The second-order valence-corrected chi connectivity index (χ2v) is 4.48. The zero-order valence-corrected chi connectivity index (χ0v) is 11.9. The molecule has 0 aromatic heterocycles. The molecule has 0 saturated heterocycles. The fraction of sp³-hybridized carbons (Fsp3) is 0.429.